The molecule has 1 fully saturated rings. The molecule has 3 rings (SSSR count). The maximum Gasteiger partial charge on any atom is 0.359 e. The summed E-state index contributed by atoms with van der Waals surface area (Å²) in [5.41, 5.74) is 5.16. The third-order valence-corrected chi connectivity index (χ3v) is 7.86. The number of carbonyl (C=O) groups is 4. The van der Waals surface area contributed by atoms with E-state index in [1.807, 2.05) is 6.92 Å². The molecule has 0 bridgehead atoms. The Labute approximate surface area is 217 Å². The maximum atomic E-state index is 12.9. The normalized spacial score (nSPS) is 21.4. The van der Waals surface area contributed by atoms with E-state index in [0.29, 0.717) is 6.42 Å². The molecule has 0 radical (unpaired) electrons. The first-order chi connectivity index (χ1) is 17.2. The summed E-state index contributed by atoms with van der Waals surface area (Å²) in [6.45, 7) is 1.33. The average Bonchev–Trinajstić information content (AvgIpc) is 3.26. The van der Waals surface area contributed by atoms with Crippen molar-refractivity contribution in [1.29, 1.82) is 0 Å². The van der Waals surface area contributed by atoms with Crippen molar-refractivity contribution in [3.63, 3.8) is 0 Å². The maximum absolute atomic E-state index is 12.9. The number of hydrogen-bond acceptors (Lipinski definition) is 12. The van der Waals surface area contributed by atoms with E-state index in [0.717, 1.165) is 29.1 Å². The number of nitrogen functional groups attached to an aromatic ring is 1. The van der Waals surface area contributed by atoms with E-state index in [9.17, 15) is 23.4 Å². The quantitative estimate of drug-likeness (QED) is 0.0967. The van der Waals surface area contributed by atoms with Crippen molar-refractivity contribution in [3.05, 3.63) is 21.8 Å². The second kappa shape index (κ2) is 12.3. The van der Waals surface area contributed by atoms with Gasteiger partial charge < -0.3 is 25.4 Å². The van der Waals surface area contributed by atoms with Gasteiger partial charge in [-0.15, -0.1) is 11.3 Å². The molecule has 1 aromatic rings. The van der Waals surface area contributed by atoms with Crippen LogP contribution < -0.4 is 11.1 Å². The largest absolute Gasteiger partial charge is 0.428 e. The van der Waals surface area contributed by atoms with Gasteiger partial charge in [0.1, 0.15) is 29.9 Å². The molecule has 0 aliphatic carbocycles. The van der Waals surface area contributed by atoms with E-state index >= 15 is 0 Å². The van der Waals surface area contributed by atoms with Gasteiger partial charge in [-0.1, -0.05) is 36.5 Å². The molecule has 3 N–H and O–H groups in total. The zero-order valence-electron chi connectivity index (χ0n) is 19.4. The minimum Gasteiger partial charge on any atom is -0.428 e. The van der Waals surface area contributed by atoms with Crippen molar-refractivity contribution in [1.82, 2.24) is 15.2 Å². The zero-order chi connectivity index (χ0) is 26.4. The van der Waals surface area contributed by atoms with Crippen molar-refractivity contribution in [3.8, 4) is 0 Å². The zero-order valence-corrected chi connectivity index (χ0v) is 21.7. The molecule has 16 heteroatoms. The lowest BCUT2D eigenvalue weighted by molar-refractivity contribution is -0.168. The number of nitrogens with one attached hydrogen (secondary N) is 1. The molecule has 0 saturated carbocycles. The Balaban J connectivity index is 1.66. The summed E-state index contributed by atoms with van der Waals surface area (Å²) < 4.78 is 22.5. The average molecular weight is 562 g/mol. The Morgan fingerprint density at radius 3 is 2.75 bits per heavy atom. The van der Waals surface area contributed by atoms with Crippen molar-refractivity contribution < 1.29 is 37.7 Å². The fourth-order valence-electron chi connectivity index (χ4n) is 3.43. The van der Waals surface area contributed by atoms with E-state index in [1.165, 1.54) is 12.5 Å². The summed E-state index contributed by atoms with van der Waals surface area (Å²) in [7, 11) is -0.510. The first kappa shape index (κ1) is 27.5. The van der Waals surface area contributed by atoms with Crippen LogP contribution in [0.2, 0.25) is 0 Å². The van der Waals surface area contributed by atoms with Crippen molar-refractivity contribution in [2.75, 3.05) is 25.4 Å². The van der Waals surface area contributed by atoms with Gasteiger partial charge in [0, 0.05) is 11.8 Å². The number of esters is 2. The highest BCUT2D eigenvalue weighted by atomic mass is 35.5. The summed E-state index contributed by atoms with van der Waals surface area (Å²) in [4.78, 5) is 59.6. The number of amides is 2. The number of β-lactam (4-membered cyclic amide) rings is 1. The van der Waals surface area contributed by atoms with Crippen molar-refractivity contribution in [2.45, 2.75) is 44.0 Å². The van der Waals surface area contributed by atoms with E-state index in [1.54, 1.807) is 0 Å². The number of oxime groups is 1. The minimum atomic E-state index is -1.74. The number of nitrogens with two attached hydrogens (primary N) is 1. The topological polar surface area (TPSA) is 180 Å². The van der Waals surface area contributed by atoms with E-state index in [2.05, 4.69) is 15.5 Å². The van der Waals surface area contributed by atoms with Crippen LogP contribution in [0.3, 0.4) is 0 Å². The SMILES string of the molecule is CCCCCC(=O)OCOC(=O)C1=C(Cl)CS(=O)[C@H]2C(NC(=O)C(=NOC)c3csc(N)n3)C(=O)N12. The molecule has 36 heavy (non-hydrogen) atoms. The summed E-state index contributed by atoms with van der Waals surface area (Å²) in [6.07, 6.45) is 2.63. The van der Waals surface area contributed by atoms with Crippen LogP contribution in [0.4, 0.5) is 5.13 Å². The summed E-state index contributed by atoms with van der Waals surface area (Å²) in [6, 6.07) is -1.24. The van der Waals surface area contributed by atoms with Crippen LogP contribution in [0.1, 0.15) is 38.3 Å². The predicted molar refractivity (Wildman–Crippen MR) is 130 cm³/mol. The number of thiazole rings is 1. The van der Waals surface area contributed by atoms with Gasteiger partial charge in [0.15, 0.2) is 10.8 Å². The Bertz CT molecular complexity index is 1140. The van der Waals surface area contributed by atoms with E-state index in [4.69, 9.17) is 31.6 Å². The Morgan fingerprint density at radius 2 is 2.11 bits per heavy atom. The Morgan fingerprint density at radius 1 is 1.36 bits per heavy atom. The number of rotatable bonds is 11. The standard InChI is InChI=1S/C20H24ClN5O8S2/c1-3-4-5-6-12(27)33-9-34-19(30)15-10(21)8-36(31)18-14(17(29)26(15)18)24-16(28)13(25-32-2)11-7-35-20(22)23-11/h7,14,18H,3-6,8-9H2,1-2H3,(H2,22,23)(H,24,28)/t14?,18-,36?/m0/s1. The van der Waals surface area contributed by atoms with Crippen LogP contribution in [-0.2, 0) is 44.3 Å². The number of nitrogens with zero attached hydrogens (tertiary/aromatic N) is 3. The third-order valence-electron chi connectivity index (χ3n) is 5.12. The Hall–Kier alpha value is -3.04. The highest BCUT2D eigenvalue weighted by Gasteiger charge is 2.57. The number of ether oxygens (including phenoxy) is 2. The molecule has 2 amide bonds. The van der Waals surface area contributed by atoms with Gasteiger partial charge in [0.25, 0.3) is 11.8 Å². The first-order valence-electron chi connectivity index (χ1n) is 10.7. The van der Waals surface area contributed by atoms with Gasteiger partial charge in [-0.3, -0.25) is 23.5 Å². The molecule has 1 saturated heterocycles. The minimum absolute atomic E-state index is 0.127. The molecule has 3 atom stereocenters. The van der Waals surface area contributed by atoms with Crippen LogP contribution in [0.5, 0.6) is 0 Å². The number of carbonyl (C=O) groups excluding carboxylic acids is 4. The molecular weight excluding hydrogens is 538 g/mol. The van der Waals surface area contributed by atoms with Gasteiger partial charge in [-0.2, -0.15) is 0 Å². The Kier molecular flexibility index (Phi) is 9.39. The van der Waals surface area contributed by atoms with Crippen LogP contribution in [0, 0.1) is 0 Å². The highest BCUT2D eigenvalue weighted by Crippen LogP contribution is 2.36. The summed E-state index contributed by atoms with van der Waals surface area (Å²) in [5, 5.41) is 6.53. The molecule has 3 heterocycles. The predicted octanol–water partition coefficient (Wildman–Crippen LogP) is 0.566. The molecule has 2 aliphatic rings. The van der Waals surface area contributed by atoms with Gasteiger partial charge in [0.05, 0.1) is 21.6 Å². The van der Waals surface area contributed by atoms with E-state index < -0.39 is 52.8 Å². The van der Waals surface area contributed by atoms with Gasteiger partial charge in [-0.25, -0.2) is 9.78 Å². The highest BCUT2D eigenvalue weighted by molar-refractivity contribution is 7.86. The van der Waals surface area contributed by atoms with Gasteiger partial charge in [0.2, 0.25) is 6.79 Å². The fraction of sp³-hybridized carbons (Fsp3) is 0.500. The molecular formula is C20H24ClN5O8S2. The van der Waals surface area contributed by atoms with Crippen LogP contribution in [0.25, 0.3) is 0 Å². The molecule has 13 nitrogen and oxygen atoms in total. The number of unbranched alkanes of at least 4 members (excludes halogenated alkanes) is 2. The molecule has 0 spiro atoms. The number of hydrogen-bond donors (Lipinski definition) is 2. The van der Waals surface area contributed by atoms with Gasteiger partial charge in [-0.05, 0) is 6.42 Å². The van der Waals surface area contributed by atoms with Crippen molar-refractivity contribution in [2.24, 2.45) is 5.16 Å². The fourth-order valence-corrected chi connectivity index (χ4v) is 5.96. The van der Waals surface area contributed by atoms with E-state index in [-0.39, 0.29) is 39.4 Å². The lowest BCUT2D eigenvalue weighted by Crippen LogP contribution is -2.74. The smallest absolute Gasteiger partial charge is 0.359 e. The molecule has 1 aromatic heterocycles. The van der Waals surface area contributed by atoms with Crippen molar-refractivity contribution >= 4 is 68.3 Å². The van der Waals surface area contributed by atoms with Crippen LogP contribution in [0.15, 0.2) is 21.3 Å². The number of anilines is 1. The summed E-state index contributed by atoms with van der Waals surface area (Å²) >= 11 is 7.20. The second-order valence-electron chi connectivity index (χ2n) is 7.55. The molecule has 2 aliphatic heterocycles. The number of fused-ring (bicyclic) bond motifs is 1. The lowest BCUT2D eigenvalue weighted by atomic mass is 10.0. The molecule has 2 unspecified atom stereocenters. The summed E-state index contributed by atoms with van der Waals surface area (Å²) in [5.74, 6) is -3.36. The third kappa shape index (κ3) is 6.02. The number of halogens is 1. The number of aromatic nitrogens is 1. The molecule has 0 aromatic carbocycles. The first-order valence-corrected chi connectivity index (χ1v) is 13.4. The monoisotopic (exact) mass is 561 g/mol. The lowest BCUT2D eigenvalue weighted by Gasteiger charge is -2.48. The van der Waals surface area contributed by atoms with Crippen LogP contribution in [-0.4, -0.2) is 74.6 Å². The molecule has 196 valence electrons. The second-order valence-corrected chi connectivity index (χ2v) is 10.4. The van der Waals surface area contributed by atoms with Crippen LogP contribution >= 0.6 is 22.9 Å². The van der Waals surface area contributed by atoms with Gasteiger partial charge >= 0.3 is 11.9 Å².